The van der Waals surface area contributed by atoms with E-state index in [2.05, 4.69) is 43.0 Å². The molecule has 0 spiro atoms. The number of halogens is 1. The molecule has 0 aliphatic carbocycles. The van der Waals surface area contributed by atoms with Crippen molar-refractivity contribution in [1.82, 2.24) is 10.2 Å². The van der Waals surface area contributed by atoms with Crippen LogP contribution in [0, 0.1) is 0 Å². The first kappa shape index (κ1) is 23.9. The smallest absolute Gasteiger partial charge is 0.337 e. The topological polar surface area (TPSA) is 67.9 Å². The lowest BCUT2D eigenvalue weighted by atomic mass is 10.1. The van der Waals surface area contributed by atoms with E-state index in [4.69, 9.17) is 4.74 Å². The van der Waals surface area contributed by atoms with E-state index in [-0.39, 0.29) is 12.0 Å². The fourth-order valence-corrected chi connectivity index (χ4v) is 3.77. The van der Waals surface area contributed by atoms with Crippen LogP contribution < -0.4 is 10.1 Å². The van der Waals surface area contributed by atoms with Crippen LogP contribution in [0.3, 0.4) is 0 Å². The monoisotopic (exact) mass is 476 g/mol. The van der Waals surface area contributed by atoms with Crippen LogP contribution in [0.4, 0.5) is 0 Å². The minimum absolute atomic E-state index is 0.0609. The molecular weight excluding hydrogens is 448 g/mol. The van der Waals surface area contributed by atoms with Crippen LogP contribution in [0.2, 0.25) is 0 Å². The molecule has 3 rings (SSSR count). The van der Waals surface area contributed by atoms with E-state index in [9.17, 15) is 9.59 Å². The van der Waals surface area contributed by atoms with Crippen LogP contribution in [0.5, 0.6) is 5.75 Å². The molecule has 2 aromatic rings. The van der Waals surface area contributed by atoms with E-state index in [1.807, 2.05) is 13.0 Å². The van der Waals surface area contributed by atoms with E-state index in [0.717, 1.165) is 22.3 Å². The second-order valence-electron chi connectivity index (χ2n) is 7.10. The fraction of sp³-hybridized carbons (Fsp3) is 0.391. The third-order valence-corrected chi connectivity index (χ3v) is 5.38. The van der Waals surface area contributed by atoms with Gasteiger partial charge in [0.2, 0.25) is 6.41 Å². The summed E-state index contributed by atoms with van der Waals surface area (Å²) in [7, 11) is 3.05. The minimum Gasteiger partial charge on any atom is -0.497 e. The molecule has 1 fully saturated rings. The largest absolute Gasteiger partial charge is 0.497 e. The third kappa shape index (κ3) is 7.46. The highest BCUT2D eigenvalue weighted by Crippen LogP contribution is 2.23. The number of hydrogen-bond acceptors (Lipinski definition) is 5. The maximum absolute atomic E-state index is 11.1. The summed E-state index contributed by atoms with van der Waals surface area (Å²) in [6.45, 7) is 5.36. The van der Waals surface area contributed by atoms with Gasteiger partial charge in [0.25, 0.3) is 0 Å². The second-order valence-corrected chi connectivity index (χ2v) is 8.02. The molecule has 30 heavy (non-hydrogen) atoms. The maximum Gasteiger partial charge on any atom is 0.337 e. The number of carbonyl (C=O) groups is 2. The second kappa shape index (κ2) is 12.3. The number of nitrogens with one attached hydrogen (secondary N) is 1. The SMILES string of the molecule is COC(=O)c1ccc(C(C)NC=O)cc1.COc1cc(Br)cc(CN2CCCC2)c1. The van der Waals surface area contributed by atoms with Gasteiger partial charge in [-0.25, -0.2) is 4.79 Å². The Hall–Kier alpha value is -2.38. The lowest BCUT2D eigenvalue weighted by Gasteiger charge is -2.15. The normalized spacial score (nSPS) is 14.3. The summed E-state index contributed by atoms with van der Waals surface area (Å²) in [5, 5.41) is 2.63. The molecule has 0 saturated carbocycles. The summed E-state index contributed by atoms with van der Waals surface area (Å²) < 4.78 is 10.9. The molecule has 0 radical (unpaired) electrons. The molecule has 1 atom stereocenters. The molecule has 6 nitrogen and oxygen atoms in total. The Bertz CT molecular complexity index is 820. The Kier molecular flexibility index (Phi) is 9.83. The van der Waals surface area contributed by atoms with Crippen molar-refractivity contribution in [3.63, 3.8) is 0 Å². The van der Waals surface area contributed by atoms with E-state index >= 15 is 0 Å². The van der Waals surface area contributed by atoms with E-state index in [0.29, 0.717) is 12.0 Å². The van der Waals surface area contributed by atoms with Crippen molar-refractivity contribution < 1.29 is 19.1 Å². The summed E-state index contributed by atoms with van der Waals surface area (Å²) in [6, 6.07) is 13.1. The molecule has 7 heteroatoms. The van der Waals surface area contributed by atoms with Crippen LogP contribution in [-0.2, 0) is 16.1 Å². The summed E-state index contributed by atoms with van der Waals surface area (Å²) in [6.07, 6.45) is 3.33. The molecule has 162 valence electrons. The molecule has 1 heterocycles. The summed E-state index contributed by atoms with van der Waals surface area (Å²) in [5.74, 6) is 0.566. The number of nitrogens with zero attached hydrogens (tertiary/aromatic N) is 1. The summed E-state index contributed by atoms with van der Waals surface area (Å²) >= 11 is 3.50. The Morgan fingerprint density at radius 3 is 2.40 bits per heavy atom. The Labute approximate surface area is 186 Å². The van der Waals surface area contributed by atoms with Gasteiger partial charge in [0.1, 0.15) is 5.75 Å². The van der Waals surface area contributed by atoms with E-state index in [1.165, 1.54) is 38.6 Å². The molecule has 1 saturated heterocycles. The van der Waals surface area contributed by atoms with Gasteiger partial charge in [0.05, 0.1) is 25.8 Å². The fourth-order valence-electron chi connectivity index (χ4n) is 3.25. The van der Waals surface area contributed by atoms with Gasteiger partial charge in [-0.15, -0.1) is 0 Å². The molecule has 1 N–H and O–H groups in total. The van der Waals surface area contributed by atoms with Gasteiger partial charge in [-0.3, -0.25) is 9.69 Å². The number of methoxy groups -OCH3 is 2. The molecule has 1 aliphatic heterocycles. The number of likely N-dealkylation sites (tertiary alicyclic amines) is 1. The molecular formula is C23H29BrN2O4. The molecule has 1 unspecified atom stereocenters. The highest BCUT2D eigenvalue weighted by molar-refractivity contribution is 9.10. The summed E-state index contributed by atoms with van der Waals surface area (Å²) in [5.41, 5.74) is 2.76. The number of esters is 1. The third-order valence-electron chi connectivity index (χ3n) is 4.92. The molecule has 1 amide bonds. The first-order valence-electron chi connectivity index (χ1n) is 9.90. The van der Waals surface area contributed by atoms with Gasteiger partial charge in [0.15, 0.2) is 0 Å². The van der Waals surface area contributed by atoms with Crippen LogP contribution >= 0.6 is 15.9 Å². The van der Waals surface area contributed by atoms with Crippen molar-refractivity contribution in [2.75, 3.05) is 27.3 Å². The molecule has 0 aromatic heterocycles. The van der Waals surface area contributed by atoms with Crippen LogP contribution in [0.1, 0.15) is 47.3 Å². The zero-order chi connectivity index (χ0) is 21.9. The highest BCUT2D eigenvalue weighted by atomic mass is 79.9. The predicted octanol–water partition coefficient (Wildman–Crippen LogP) is 4.33. The average Bonchev–Trinajstić information content (AvgIpc) is 3.26. The van der Waals surface area contributed by atoms with Gasteiger partial charge in [-0.1, -0.05) is 28.1 Å². The van der Waals surface area contributed by atoms with Crippen molar-refractivity contribution in [1.29, 1.82) is 0 Å². The predicted molar refractivity (Wildman–Crippen MR) is 121 cm³/mol. The lowest BCUT2D eigenvalue weighted by molar-refractivity contribution is -0.110. The van der Waals surface area contributed by atoms with Crippen molar-refractivity contribution in [3.8, 4) is 5.75 Å². The van der Waals surface area contributed by atoms with Gasteiger partial charge < -0.3 is 14.8 Å². The van der Waals surface area contributed by atoms with Crippen LogP contribution in [-0.4, -0.2) is 44.6 Å². The number of ether oxygens (including phenoxy) is 2. The number of hydrogen-bond donors (Lipinski definition) is 1. The first-order valence-corrected chi connectivity index (χ1v) is 10.7. The number of carbonyl (C=O) groups excluding carboxylic acids is 2. The number of amides is 1. The quantitative estimate of drug-likeness (QED) is 0.475. The van der Waals surface area contributed by atoms with Crippen molar-refractivity contribution in [3.05, 3.63) is 63.6 Å². The standard InChI is InChI=1S/C12H16BrNO.C11H13NO3/c1-15-12-7-10(6-11(13)8-12)9-14-4-2-3-5-14;1-8(12-7-13)9-3-5-10(6-4-9)11(14)15-2/h6-8H,2-5,9H2,1H3;3-8H,1-2H3,(H,12,13). The molecule has 2 aromatic carbocycles. The lowest BCUT2D eigenvalue weighted by Crippen LogP contribution is -2.18. The summed E-state index contributed by atoms with van der Waals surface area (Å²) in [4.78, 5) is 23.8. The van der Waals surface area contributed by atoms with Gasteiger partial charge in [-0.2, -0.15) is 0 Å². The van der Waals surface area contributed by atoms with Crippen molar-refractivity contribution in [2.24, 2.45) is 0 Å². The van der Waals surface area contributed by atoms with Gasteiger partial charge in [-0.05, 0) is 74.3 Å². The first-order chi connectivity index (χ1) is 14.5. The van der Waals surface area contributed by atoms with Crippen LogP contribution in [0.15, 0.2) is 46.9 Å². The Balaban J connectivity index is 0.000000214. The minimum atomic E-state index is -0.363. The van der Waals surface area contributed by atoms with Crippen LogP contribution in [0.25, 0.3) is 0 Å². The average molecular weight is 477 g/mol. The zero-order valence-electron chi connectivity index (χ0n) is 17.7. The Morgan fingerprint density at radius 2 is 1.83 bits per heavy atom. The Morgan fingerprint density at radius 1 is 1.17 bits per heavy atom. The van der Waals surface area contributed by atoms with Gasteiger partial charge in [0, 0.05) is 11.0 Å². The van der Waals surface area contributed by atoms with Crippen molar-refractivity contribution >= 4 is 28.3 Å². The van der Waals surface area contributed by atoms with Crippen molar-refractivity contribution in [2.45, 2.75) is 32.4 Å². The number of benzene rings is 2. The molecule has 0 bridgehead atoms. The maximum atomic E-state index is 11.1. The highest BCUT2D eigenvalue weighted by Gasteiger charge is 2.12. The van der Waals surface area contributed by atoms with Gasteiger partial charge >= 0.3 is 5.97 Å². The molecule has 1 aliphatic rings. The number of rotatable bonds is 7. The van der Waals surface area contributed by atoms with E-state index < -0.39 is 0 Å². The zero-order valence-corrected chi connectivity index (χ0v) is 19.3. The van der Waals surface area contributed by atoms with E-state index in [1.54, 1.807) is 31.4 Å².